The van der Waals surface area contributed by atoms with Crippen molar-refractivity contribution in [3.63, 3.8) is 0 Å². The van der Waals surface area contributed by atoms with E-state index in [1.807, 2.05) is 31.2 Å². The quantitative estimate of drug-likeness (QED) is 0.632. The van der Waals surface area contributed by atoms with Gasteiger partial charge in [0, 0.05) is 25.1 Å². The van der Waals surface area contributed by atoms with E-state index < -0.39 is 5.82 Å². The molecule has 0 atom stereocenters. The zero-order chi connectivity index (χ0) is 19.2. The minimum atomic E-state index is -0.419. The predicted octanol–water partition coefficient (Wildman–Crippen LogP) is 3.87. The Bertz CT molecular complexity index is 909. The third kappa shape index (κ3) is 4.31. The number of aromatic nitrogens is 2. The predicted molar refractivity (Wildman–Crippen MR) is 99.0 cm³/mol. The molecule has 140 valence electrons. The Morgan fingerprint density at radius 3 is 2.59 bits per heavy atom. The van der Waals surface area contributed by atoms with Gasteiger partial charge < -0.3 is 14.2 Å². The van der Waals surface area contributed by atoms with Crippen LogP contribution in [0.15, 0.2) is 53.1 Å². The van der Waals surface area contributed by atoms with Gasteiger partial charge >= 0.3 is 0 Å². The fourth-order valence-electron chi connectivity index (χ4n) is 2.72. The summed E-state index contributed by atoms with van der Waals surface area (Å²) in [5.41, 5.74) is 1.06. The molecule has 6 nitrogen and oxygen atoms in total. The van der Waals surface area contributed by atoms with Crippen LogP contribution in [0.1, 0.15) is 19.2 Å². The van der Waals surface area contributed by atoms with Crippen molar-refractivity contribution in [1.29, 1.82) is 0 Å². The molecule has 7 heteroatoms. The van der Waals surface area contributed by atoms with Crippen LogP contribution in [0.25, 0.3) is 11.4 Å². The number of nitrogens with zero attached hydrogens (tertiary/aromatic N) is 3. The van der Waals surface area contributed by atoms with Crippen LogP contribution in [0.3, 0.4) is 0 Å². The van der Waals surface area contributed by atoms with Crippen molar-refractivity contribution in [3.8, 4) is 17.1 Å². The highest BCUT2D eigenvalue weighted by molar-refractivity contribution is 5.93. The van der Waals surface area contributed by atoms with Crippen molar-refractivity contribution in [2.75, 3.05) is 18.6 Å². The Hall–Kier alpha value is -3.22. The molecule has 0 saturated heterocycles. The molecule has 0 radical (unpaired) electrons. The fraction of sp³-hybridized carbons (Fsp3) is 0.250. The maximum absolute atomic E-state index is 13.8. The van der Waals surface area contributed by atoms with Crippen molar-refractivity contribution in [3.05, 3.63) is 60.2 Å². The van der Waals surface area contributed by atoms with Crippen LogP contribution in [0.2, 0.25) is 0 Å². The molecule has 0 aliphatic rings. The van der Waals surface area contributed by atoms with Crippen LogP contribution in [-0.4, -0.2) is 29.7 Å². The summed E-state index contributed by atoms with van der Waals surface area (Å²) in [5.74, 6) is 0.727. The van der Waals surface area contributed by atoms with E-state index in [-0.39, 0.29) is 30.1 Å². The highest BCUT2D eigenvalue weighted by atomic mass is 19.1. The Morgan fingerprint density at radius 1 is 1.19 bits per heavy atom. The van der Waals surface area contributed by atoms with Crippen LogP contribution in [0.4, 0.5) is 10.1 Å². The van der Waals surface area contributed by atoms with E-state index in [1.165, 1.54) is 6.07 Å². The smallest absolute Gasteiger partial charge is 0.227 e. The third-order valence-corrected chi connectivity index (χ3v) is 4.14. The largest absolute Gasteiger partial charge is 0.497 e. The number of carbonyl (C=O) groups is 1. The molecule has 0 N–H and O–H groups in total. The fourth-order valence-corrected chi connectivity index (χ4v) is 2.72. The van der Waals surface area contributed by atoms with Gasteiger partial charge in [-0.2, -0.15) is 4.98 Å². The van der Waals surface area contributed by atoms with Crippen LogP contribution in [-0.2, 0) is 11.2 Å². The van der Waals surface area contributed by atoms with Crippen molar-refractivity contribution < 1.29 is 18.4 Å². The second kappa shape index (κ2) is 8.44. The molecule has 0 saturated carbocycles. The molecule has 1 amide bonds. The van der Waals surface area contributed by atoms with Crippen LogP contribution in [0, 0.1) is 5.82 Å². The zero-order valence-electron chi connectivity index (χ0n) is 15.2. The van der Waals surface area contributed by atoms with E-state index in [4.69, 9.17) is 9.26 Å². The molecule has 0 aliphatic heterocycles. The standard InChI is InChI=1S/C20H20FN3O3/c1-3-24(14-8-10-15(26-2)11-9-14)19(25)13-12-18-22-20(23-27-18)16-6-4-5-7-17(16)21/h4-11H,3,12-13H2,1-2H3. The molecule has 3 aromatic rings. The molecule has 3 rings (SSSR count). The second-order valence-corrected chi connectivity index (χ2v) is 5.83. The first kappa shape index (κ1) is 18.6. The average Bonchev–Trinajstić information content (AvgIpc) is 3.16. The van der Waals surface area contributed by atoms with Gasteiger partial charge in [-0.3, -0.25) is 4.79 Å². The van der Waals surface area contributed by atoms with Gasteiger partial charge in [-0.05, 0) is 43.3 Å². The Balaban J connectivity index is 1.65. The average molecular weight is 369 g/mol. The lowest BCUT2D eigenvalue weighted by molar-refractivity contribution is -0.118. The number of rotatable bonds is 7. The summed E-state index contributed by atoms with van der Waals surface area (Å²) in [6.45, 7) is 2.45. The summed E-state index contributed by atoms with van der Waals surface area (Å²) in [5, 5.41) is 3.80. The lowest BCUT2D eigenvalue weighted by Crippen LogP contribution is -2.30. The van der Waals surface area contributed by atoms with E-state index in [0.29, 0.717) is 12.4 Å². The number of halogens is 1. The first-order chi connectivity index (χ1) is 13.1. The van der Waals surface area contributed by atoms with Gasteiger partial charge in [0.15, 0.2) is 0 Å². The molecular formula is C20H20FN3O3. The molecule has 0 spiro atoms. The number of amides is 1. The number of aryl methyl sites for hydroxylation is 1. The summed E-state index contributed by atoms with van der Waals surface area (Å²) >= 11 is 0. The molecule has 27 heavy (non-hydrogen) atoms. The zero-order valence-corrected chi connectivity index (χ0v) is 15.2. The summed E-state index contributed by atoms with van der Waals surface area (Å²) in [4.78, 5) is 18.4. The van der Waals surface area contributed by atoms with E-state index >= 15 is 0 Å². The Kier molecular flexibility index (Phi) is 5.80. The van der Waals surface area contributed by atoms with E-state index in [0.717, 1.165) is 11.4 Å². The van der Waals surface area contributed by atoms with Crippen LogP contribution >= 0.6 is 0 Å². The molecule has 0 bridgehead atoms. The summed E-state index contributed by atoms with van der Waals surface area (Å²) in [7, 11) is 1.59. The summed E-state index contributed by atoms with van der Waals surface area (Å²) in [6.07, 6.45) is 0.492. The third-order valence-electron chi connectivity index (χ3n) is 4.14. The van der Waals surface area contributed by atoms with E-state index in [9.17, 15) is 9.18 Å². The molecule has 0 unspecified atom stereocenters. The summed E-state index contributed by atoms with van der Waals surface area (Å²) < 4.78 is 24.1. The molecular weight excluding hydrogens is 349 g/mol. The van der Waals surface area contributed by atoms with Gasteiger partial charge in [0.1, 0.15) is 11.6 Å². The molecule has 1 heterocycles. The number of benzene rings is 2. The molecule has 0 fully saturated rings. The van der Waals surface area contributed by atoms with Crippen LogP contribution < -0.4 is 9.64 Å². The number of ether oxygens (including phenoxy) is 1. The van der Waals surface area contributed by atoms with Gasteiger partial charge in [0.2, 0.25) is 17.6 Å². The van der Waals surface area contributed by atoms with Gasteiger partial charge in [-0.1, -0.05) is 17.3 Å². The maximum atomic E-state index is 13.8. The number of anilines is 1. The lowest BCUT2D eigenvalue weighted by Gasteiger charge is -2.21. The lowest BCUT2D eigenvalue weighted by atomic mass is 10.2. The number of hydrogen-bond acceptors (Lipinski definition) is 5. The first-order valence-electron chi connectivity index (χ1n) is 8.64. The van der Waals surface area contributed by atoms with Crippen molar-refractivity contribution in [2.24, 2.45) is 0 Å². The topological polar surface area (TPSA) is 68.5 Å². The van der Waals surface area contributed by atoms with Crippen molar-refractivity contribution in [1.82, 2.24) is 10.1 Å². The van der Waals surface area contributed by atoms with Crippen molar-refractivity contribution in [2.45, 2.75) is 19.8 Å². The maximum Gasteiger partial charge on any atom is 0.227 e. The summed E-state index contributed by atoms with van der Waals surface area (Å²) in [6, 6.07) is 13.5. The number of methoxy groups -OCH3 is 1. The number of carbonyl (C=O) groups excluding carboxylic acids is 1. The first-order valence-corrected chi connectivity index (χ1v) is 8.64. The minimum Gasteiger partial charge on any atom is -0.497 e. The normalized spacial score (nSPS) is 10.6. The Labute approximate surface area is 156 Å². The van der Waals surface area contributed by atoms with Crippen molar-refractivity contribution >= 4 is 11.6 Å². The molecule has 1 aromatic heterocycles. The monoisotopic (exact) mass is 369 g/mol. The second-order valence-electron chi connectivity index (χ2n) is 5.83. The minimum absolute atomic E-state index is 0.0618. The number of hydrogen-bond donors (Lipinski definition) is 0. The van der Waals surface area contributed by atoms with Crippen LogP contribution in [0.5, 0.6) is 5.75 Å². The van der Waals surface area contributed by atoms with Gasteiger partial charge in [-0.25, -0.2) is 4.39 Å². The Morgan fingerprint density at radius 2 is 1.93 bits per heavy atom. The van der Waals surface area contributed by atoms with Gasteiger partial charge in [0.05, 0.1) is 12.7 Å². The van der Waals surface area contributed by atoms with E-state index in [1.54, 1.807) is 30.2 Å². The SMILES string of the molecule is CCN(C(=O)CCc1nc(-c2ccccc2F)no1)c1ccc(OC)cc1. The van der Waals surface area contributed by atoms with E-state index in [2.05, 4.69) is 10.1 Å². The van der Waals surface area contributed by atoms with Gasteiger partial charge in [0.25, 0.3) is 0 Å². The molecule has 2 aromatic carbocycles. The highest BCUT2D eigenvalue weighted by Gasteiger charge is 2.17. The highest BCUT2D eigenvalue weighted by Crippen LogP contribution is 2.21. The van der Waals surface area contributed by atoms with Gasteiger partial charge in [-0.15, -0.1) is 0 Å². The molecule has 0 aliphatic carbocycles.